The van der Waals surface area contributed by atoms with Crippen molar-refractivity contribution in [3.8, 4) is 0 Å². The van der Waals surface area contributed by atoms with Gasteiger partial charge in [-0.25, -0.2) is 0 Å². The number of nitrogens with zero attached hydrogens (tertiary/aromatic N) is 2. The molecular formula is C21H20N2O. The molecule has 3 rings (SSSR count). The quantitative estimate of drug-likeness (QED) is 0.805. The lowest BCUT2D eigenvalue weighted by Gasteiger charge is -2.11. The molecule has 0 bridgehead atoms. The Morgan fingerprint density at radius 2 is 1.71 bits per heavy atom. The first-order valence-corrected chi connectivity index (χ1v) is 7.94. The summed E-state index contributed by atoms with van der Waals surface area (Å²) in [7, 11) is 4.04. The first-order valence-electron chi connectivity index (χ1n) is 7.94. The van der Waals surface area contributed by atoms with Crippen LogP contribution in [0.3, 0.4) is 0 Å². The van der Waals surface area contributed by atoms with Gasteiger partial charge in [0.1, 0.15) is 6.54 Å². The van der Waals surface area contributed by atoms with Crippen LogP contribution in [0.25, 0.3) is 6.08 Å². The molecule has 0 unspecified atom stereocenters. The molecule has 2 aromatic carbocycles. The van der Waals surface area contributed by atoms with Crippen LogP contribution in [-0.4, -0.2) is 32.1 Å². The van der Waals surface area contributed by atoms with Gasteiger partial charge in [-0.15, -0.1) is 0 Å². The van der Waals surface area contributed by atoms with E-state index in [9.17, 15) is 4.79 Å². The van der Waals surface area contributed by atoms with Crippen molar-refractivity contribution in [1.82, 2.24) is 0 Å². The Labute approximate surface area is 142 Å². The lowest BCUT2D eigenvalue weighted by molar-refractivity contribution is -0.113. The zero-order valence-electron chi connectivity index (χ0n) is 13.9. The van der Waals surface area contributed by atoms with Gasteiger partial charge in [0.25, 0.3) is 0 Å². The average Bonchev–Trinajstić information content (AvgIpc) is 2.97. The van der Waals surface area contributed by atoms with E-state index in [1.165, 1.54) is 0 Å². The highest BCUT2D eigenvalue weighted by atomic mass is 16.1. The average molecular weight is 316 g/mol. The molecule has 0 atom stereocenters. The number of rotatable bonds is 4. The molecule has 0 amide bonds. The lowest BCUT2D eigenvalue weighted by atomic mass is 10.0. The Hall–Kier alpha value is -2.94. The van der Waals surface area contributed by atoms with Gasteiger partial charge >= 0.3 is 0 Å². The van der Waals surface area contributed by atoms with Crippen LogP contribution in [0.5, 0.6) is 0 Å². The molecule has 0 aliphatic carbocycles. The molecule has 0 saturated heterocycles. The van der Waals surface area contributed by atoms with E-state index in [1.807, 2.05) is 62.7 Å². The highest BCUT2D eigenvalue weighted by Gasteiger charge is 2.22. The van der Waals surface area contributed by atoms with Crippen molar-refractivity contribution in [1.29, 1.82) is 0 Å². The van der Waals surface area contributed by atoms with Crippen molar-refractivity contribution in [2.45, 2.75) is 0 Å². The van der Waals surface area contributed by atoms with E-state index < -0.39 is 0 Å². The molecule has 1 aliphatic rings. The van der Waals surface area contributed by atoms with Crippen LogP contribution in [0.4, 0.5) is 5.69 Å². The maximum absolute atomic E-state index is 12.1. The minimum absolute atomic E-state index is 0.0708. The van der Waals surface area contributed by atoms with E-state index in [2.05, 4.69) is 34.2 Å². The minimum Gasteiger partial charge on any atom is -0.378 e. The first kappa shape index (κ1) is 15.9. The van der Waals surface area contributed by atoms with Crippen molar-refractivity contribution in [2.75, 3.05) is 25.5 Å². The third kappa shape index (κ3) is 3.51. The summed E-state index contributed by atoms with van der Waals surface area (Å²) in [6.45, 7) is 0.238. The van der Waals surface area contributed by atoms with E-state index in [1.54, 1.807) is 0 Å². The fourth-order valence-electron chi connectivity index (χ4n) is 2.61. The molecule has 0 fully saturated rings. The van der Waals surface area contributed by atoms with Crippen LogP contribution in [-0.2, 0) is 4.79 Å². The Morgan fingerprint density at radius 3 is 2.38 bits per heavy atom. The fourth-order valence-corrected chi connectivity index (χ4v) is 2.61. The normalized spacial score (nSPS) is 16.0. The maximum atomic E-state index is 12.1. The maximum Gasteiger partial charge on any atom is 0.186 e. The fraction of sp³-hybridized carbons (Fsp3) is 0.143. The Bertz CT molecular complexity index is 813. The van der Waals surface area contributed by atoms with Gasteiger partial charge < -0.3 is 4.90 Å². The highest BCUT2D eigenvalue weighted by Crippen LogP contribution is 2.18. The molecule has 120 valence electrons. The second kappa shape index (κ2) is 7.09. The number of Topliss-reactive ketones (excluding diaryl/α,β-unsaturated/α-hetero) is 1. The number of anilines is 1. The molecule has 0 aromatic heterocycles. The molecule has 24 heavy (non-hydrogen) atoms. The van der Waals surface area contributed by atoms with Crippen LogP contribution in [0, 0.1) is 0 Å². The Balaban J connectivity index is 1.79. The largest absolute Gasteiger partial charge is 0.378 e. The number of carbonyl (C=O) groups excluding carboxylic acids is 1. The van der Waals surface area contributed by atoms with Gasteiger partial charge in [-0.1, -0.05) is 54.6 Å². The molecule has 3 nitrogen and oxygen atoms in total. The van der Waals surface area contributed by atoms with Crippen LogP contribution in [0.2, 0.25) is 0 Å². The summed E-state index contributed by atoms with van der Waals surface area (Å²) < 4.78 is 0. The van der Waals surface area contributed by atoms with E-state index >= 15 is 0 Å². The van der Waals surface area contributed by atoms with E-state index in [0.29, 0.717) is 5.57 Å². The second-order valence-electron chi connectivity index (χ2n) is 5.88. The predicted molar refractivity (Wildman–Crippen MR) is 101 cm³/mol. The number of hydrogen-bond acceptors (Lipinski definition) is 3. The van der Waals surface area contributed by atoms with Crippen LogP contribution >= 0.6 is 0 Å². The second-order valence-corrected chi connectivity index (χ2v) is 5.88. The zero-order valence-corrected chi connectivity index (χ0v) is 13.9. The van der Waals surface area contributed by atoms with Gasteiger partial charge in [-0.3, -0.25) is 9.79 Å². The van der Waals surface area contributed by atoms with E-state index in [-0.39, 0.29) is 12.3 Å². The van der Waals surface area contributed by atoms with Crippen molar-refractivity contribution in [3.63, 3.8) is 0 Å². The van der Waals surface area contributed by atoms with Crippen molar-refractivity contribution in [3.05, 3.63) is 83.4 Å². The molecule has 0 N–H and O–H groups in total. The summed E-state index contributed by atoms with van der Waals surface area (Å²) >= 11 is 0. The van der Waals surface area contributed by atoms with Crippen molar-refractivity contribution in [2.24, 2.45) is 4.99 Å². The number of hydrogen-bond donors (Lipinski definition) is 0. The molecule has 0 saturated carbocycles. The molecule has 2 aromatic rings. The molecule has 0 spiro atoms. The summed E-state index contributed by atoms with van der Waals surface area (Å²) in [6, 6.07) is 18.1. The van der Waals surface area contributed by atoms with Crippen LogP contribution in [0.1, 0.15) is 11.1 Å². The zero-order chi connectivity index (χ0) is 16.9. The standard InChI is InChI=1S/C21H20N2O/c1-23(2)18-13-11-16(12-14-18)7-6-10-19-20(24)15-22-21(19)17-8-4-3-5-9-17/h3-14H,15H2,1-2H3/b7-6+,19-10-. The van der Waals surface area contributed by atoms with Gasteiger partial charge in [-0.2, -0.15) is 0 Å². The molecule has 0 radical (unpaired) electrons. The van der Waals surface area contributed by atoms with E-state index in [0.717, 1.165) is 22.5 Å². The highest BCUT2D eigenvalue weighted by molar-refractivity contribution is 6.32. The summed E-state index contributed by atoms with van der Waals surface area (Å²) in [5, 5.41) is 0. The van der Waals surface area contributed by atoms with Crippen LogP contribution < -0.4 is 4.90 Å². The van der Waals surface area contributed by atoms with E-state index in [4.69, 9.17) is 0 Å². The van der Waals surface area contributed by atoms with Crippen LogP contribution in [0.15, 0.2) is 77.3 Å². The van der Waals surface area contributed by atoms with Crippen molar-refractivity contribution < 1.29 is 4.79 Å². The Kier molecular flexibility index (Phi) is 4.71. The van der Waals surface area contributed by atoms with Gasteiger partial charge in [0, 0.05) is 30.9 Å². The van der Waals surface area contributed by atoms with Gasteiger partial charge in [0.05, 0.1) is 5.71 Å². The summed E-state index contributed by atoms with van der Waals surface area (Å²) in [5.41, 5.74) is 4.71. The predicted octanol–water partition coefficient (Wildman–Crippen LogP) is 3.76. The SMILES string of the molecule is CN(C)c1ccc(/C=C/C=C2/C(=O)CN=C2c2ccccc2)cc1. The molecule has 1 heterocycles. The molecule has 3 heteroatoms. The third-order valence-corrected chi connectivity index (χ3v) is 3.94. The summed E-state index contributed by atoms with van der Waals surface area (Å²) in [5.74, 6) is 0.0708. The number of carbonyl (C=O) groups is 1. The third-order valence-electron chi connectivity index (χ3n) is 3.94. The van der Waals surface area contributed by atoms with Gasteiger partial charge in [0.15, 0.2) is 5.78 Å². The van der Waals surface area contributed by atoms with Gasteiger partial charge in [0.2, 0.25) is 0 Å². The number of benzene rings is 2. The first-order chi connectivity index (χ1) is 11.6. The monoisotopic (exact) mass is 316 g/mol. The summed E-state index contributed by atoms with van der Waals surface area (Å²) in [6.07, 6.45) is 5.78. The molecule has 1 aliphatic heterocycles. The van der Waals surface area contributed by atoms with Gasteiger partial charge in [-0.05, 0) is 23.8 Å². The lowest BCUT2D eigenvalue weighted by Crippen LogP contribution is -2.07. The number of ketones is 1. The topological polar surface area (TPSA) is 32.7 Å². The summed E-state index contributed by atoms with van der Waals surface area (Å²) in [4.78, 5) is 18.5. The smallest absolute Gasteiger partial charge is 0.186 e. The Morgan fingerprint density at radius 1 is 1.00 bits per heavy atom. The van der Waals surface area contributed by atoms with Crippen molar-refractivity contribution >= 4 is 23.3 Å². The number of allylic oxidation sites excluding steroid dienone is 2. The minimum atomic E-state index is 0.0708. The number of aliphatic imine (C=N–C) groups is 1. The molecular weight excluding hydrogens is 296 g/mol.